The Morgan fingerprint density at radius 2 is 1.64 bits per heavy atom. The molecule has 2 unspecified atom stereocenters. The zero-order valence-corrected chi connectivity index (χ0v) is 26.0. The molecule has 1 fully saturated rings. The number of thiol groups is 1. The molecule has 1 heterocycles. The fourth-order valence-corrected chi connectivity index (χ4v) is 5.01. The Morgan fingerprint density at radius 1 is 1.08 bits per heavy atom. The van der Waals surface area contributed by atoms with Crippen LogP contribution in [0.15, 0.2) is 18.2 Å². The molecule has 1 amide bonds. The molecule has 36 heavy (non-hydrogen) atoms. The first kappa shape index (κ1) is 31.3. The van der Waals surface area contributed by atoms with Gasteiger partial charge in [-0.3, -0.25) is 4.79 Å². The summed E-state index contributed by atoms with van der Waals surface area (Å²) in [6.07, 6.45) is 7.40. The highest BCUT2D eigenvalue weighted by Crippen LogP contribution is 2.47. The summed E-state index contributed by atoms with van der Waals surface area (Å²) >= 11 is 4.67. The van der Waals surface area contributed by atoms with Crippen LogP contribution in [0.3, 0.4) is 0 Å². The Bertz CT molecular complexity index is 862. The topological polar surface area (TPSA) is 29.5 Å². The summed E-state index contributed by atoms with van der Waals surface area (Å²) in [4.78, 5) is 15.3. The smallest absolute Gasteiger partial charge is 0.330 e. The van der Waals surface area contributed by atoms with Crippen LogP contribution in [0.5, 0.6) is 0 Å². The van der Waals surface area contributed by atoms with Crippen molar-refractivity contribution < 1.29 is 9.45 Å². The van der Waals surface area contributed by atoms with Gasteiger partial charge < -0.3 is 9.55 Å². The van der Waals surface area contributed by atoms with Crippen LogP contribution in [0.1, 0.15) is 120 Å². The first-order valence-electron chi connectivity index (χ1n) is 14.3. The van der Waals surface area contributed by atoms with E-state index in [1.54, 1.807) is 0 Å². The van der Waals surface area contributed by atoms with Gasteiger partial charge in [-0.15, -0.1) is 0 Å². The lowest BCUT2D eigenvalue weighted by atomic mass is 9.76. The predicted molar refractivity (Wildman–Crippen MR) is 161 cm³/mol. The molecule has 1 aromatic carbocycles. The van der Waals surface area contributed by atoms with Crippen molar-refractivity contribution in [1.29, 1.82) is 0 Å². The van der Waals surface area contributed by atoms with Gasteiger partial charge in [0.1, 0.15) is 0 Å². The van der Waals surface area contributed by atoms with Gasteiger partial charge in [0.05, 0.1) is 11.0 Å². The Hall–Kier alpha value is -0.935. The van der Waals surface area contributed by atoms with Gasteiger partial charge in [0.2, 0.25) is 5.91 Å². The summed E-state index contributed by atoms with van der Waals surface area (Å²) in [5.41, 5.74) is 2.31. The Labute approximate surface area is 229 Å². The van der Waals surface area contributed by atoms with Crippen LogP contribution < -0.4 is 10.4 Å². The number of fused-ring (bicyclic) bond motifs is 1. The fraction of sp³-hybridized carbons (Fsp3) is 0.774. The predicted octanol–water partition coefficient (Wildman–Crippen LogP) is 7.72. The second-order valence-electron chi connectivity index (χ2n) is 12.9. The number of amides is 1. The van der Waals surface area contributed by atoms with Gasteiger partial charge >= 0.3 is 7.48 Å². The van der Waals surface area contributed by atoms with E-state index in [1.807, 2.05) is 35.2 Å². The number of hydrogen-bond donors (Lipinski definition) is 1. The summed E-state index contributed by atoms with van der Waals surface area (Å²) in [7, 11) is 1.81. The molecular weight excluding hydrogens is 461 g/mol. The Morgan fingerprint density at radius 3 is 2.11 bits per heavy atom. The molecular formula is C31H53BNO2S. The lowest BCUT2D eigenvalue weighted by Gasteiger charge is -2.42. The number of carbonyl (C=O) groups excluding carboxylic acids is 1. The molecule has 0 spiro atoms. The molecule has 1 aliphatic carbocycles. The summed E-state index contributed by atoms with van der Waals surface area (Å²) in [5.74, 6) is 2.84. The zero-order chi connectivity index (χ0) is 27.5. The minimum Gasteiger partial charge on any atom is -0.428 e. The average Bonchev–Trinajstić information content (AvgIpc) is 2.98. The molecule has 0 aromatic heterocycles. The normalized spacial score (nSPS) is 22.8. The lowest BCUT2D eigenvalue weighted by Crippen LogP contribution is -2.49. The van der Waals surface area contributed by atoms with E-state index >= 15 is 0 Å². The van der Waals surface area contributed by atoms with Gasteiger partial charge in [0, 0.05) is 16.5 Å². The van der Waals surface area contributed by atoms with Crippen molar-refractivity contribution in [3.8, 4) is 0 Å². The van der Waals surface area contributed by atoms with Crippen LogP contribution in [-0.2, 0) is 14.9 Å². The maximum absolute atomic E-state index is 13.2. The van der Waals surface area contributed by atoms with Crippen LogP contribution in [0.25, 0.3) is 0 Å². The monoisotopic (exact) mass is 514 g/mol. The summed E-state index contributed by atoms with van der Waals surface area (Å²) < 4.78 is 5.83. The van der Waals surface area contributed by atoms with E-state index in [9.17, 15) is 4.79 Å². The molecule has 3 rings (SSSR count). The standard InChI is InChI=1S/C23H35BNO2S.C8H18/c1-8-9-15-12-17(13-15)25-19-14-16(24-27-22(4,5)23(6,7)28)10-11-18(19)21(2,3)20(25)26;1-5-7(3)8(4)6-2/h10-11,14-15,17,28H,8-9,12-13H2,1-7H3;7-8H,5-6H2,1-4H3. The van der Waals surface area contributed by atoms with Crippen molar-refractivity contribution >= 4 is 37.2 Å². The quantitative estimate of drug-likeness (QED) is 0.256. The van der Waals surface area contributed by atoms with Crippen LogP contribution in [0, 0.1) is 17.8 Å². The van der Waals surface area contributed by atoms with E-state index in [0.717, 1.165) is 47.3 Å². The minimum absolute atomic E-state index is 0.234. The molecule has 2 aliphatic rings. The van der Waals surface area contributed by atoms with Gasteiger partial charge in [-0.05, 0) is 83.8 Å². The van der Waals surface area contributed by atoms with E-state index in [4.69, 9.17) is 4.65 Å². The van der Waals surface area contributed by atoms with Crippen LogP contribution >= 0.6 is 12.6 Å². The van der Waals surface area contributed by atoms with Crippen molar-refractivity contribution in [2.75, 3.05) is 4.90 Å². The number of rotatable bonds is 10. The van der Waals surface area contributed by atoms with Crippen molar-refractivity contribution in [2.45, 2.75) is 136 Å². The number of nitrogens with zero attached hydrogens (tertiary/aromatic N) is 1. The van der Waals surface area contributed by atoms with Crippen molar-refractivity contribution in [1.82, 2.24) is 0 Å². The molecule has 1 saturated carbocycles. The fourth-order valence-electron chi connectivity index (χ4n) is 4.96. The van der Waals surface area contributed by atoms with Crippen LogP contribution in [0.4, 0.5) is 5.69 Å². The van der Waals surface area contributed by atoms with E-state index in [0.29, 0.717) is 6.04 Å². The maximum Gasteiger partial charge on any atom is 0.330 e. The minimum atomic E-state index is -0.461. The summed E-state index contributed by atoms with van der Waals surface area (Å²) in [6.45, 7) is 23.7. The summed E-state index contributed by atoms with van der Waals surface area (Å²) in [5, 5.41) is 0. The van der Waals surface area contributed by atoms with Crippen molar-refractivity contribution in [2.24, 2.45) is 17.8 Å². The zero-order valence-electron chi connectivity index (χ0n) is 25.1. The highest BCUT2D eigenvalue weighted by Gasteiger charge is 2.49. The Balaban J connectivity index is 0.000000493. The number of hydrogen-bond acceptors (Lipinski definition) is 3. The molecule has 1 aliphatic heterocycles. The SMILES string of the molecule is CCC(C)C(C)CC.CCCC1CC(N2C(=O)C(C)(C)c3ccc([B]OC(C)(C)C(C)(C)S)cc32)C1. The van der Waals surface area contributed by atoms with Gasteiger partial charge in [0.15, 0.2) is 0 Å². The molecule has 203 valence electrons. The van der Waals surface area contributed by atoms with E-state index < -0.39 is 11.0 Å². The third-order valence-electron chi connectivity index (χ3n) is 9.20. The first-order chi connectivity index (χ1) is 16.6. The average molecular weight is 515 g/mol. The molecule has 3 nitrogen and oxygen atoms in total. The van der Waals surface area contributed by atoms with Crippen molar-refractivity contribution in [3.63, 3.8) is 0 Å². The largest absolute Gasteiger partial charge is 0.428 e. The third-order valence-corrected chi connectivity index (χ3v) is 9.74. The van der Waals surface area contributed by atoms with Crippen LogP contribution in [-0.4, -0.2) is 29.8 Å². The Kier molecular flexibility index (Phi) is 10.7. The van der Waals surface area contributed by atoms with Gasteiger partial charge in [-0.2, -0.15) is 12.6 Å². The second-order valence-corrected chi connectivity index (χ2v) is 14.1. The highest BCUT2D eigenvalue weighted by molar-refractivity contribution is 7.81. The molecule has 0 bridgehead atoms. The molecule has 1 aromatic rings. The van der Waals surface area contributed by atoms with E-state index in [-0.39, 0.29) is 10.7 Å². The third kappa shape index (κ3) is 6.93. The number of carbonyl (C=O) groups is 1. The molecule has 5 heteroatoms. The molecule has 0 saturated heterocycles. The molecule has 0 N–H and O–H groups in total. The van der Waals surface area contributed by atoms with E-state index in [2.05, 4.69) is 84.2 Å². The first-order valence-corrected chi connectivity index (χ1v) is 14.8. The van der Waals surface area contributed by atoms with Gasteiger partial charge in [-0.25, -0.2) is 0 Å². The van der Waals surface area contributed by atoms with Crippen molar-refractivity contribution in [3.05, 3.63) is 23.8 Å². The van der Waals surface area contributed by atoms with Gasteiger partial charge in [0.25, 0.3) is 0 Å². The number of benzene rings is 1. The van der Waals surface area contributed by atoms with Gasteiger partial charge in [-0.1, -0.05) is 77.9 Å². The maximum atomic E-state index is 13.2. The number of anilines is 1. The van der Waals surface area contributed by atoms with Crippen LogP contribution in [0.2, 0.25) is 0 Å². The van der Waals surface area contributed by atoms with E-state index in [1.165, 1.54) is 25.7 Å². The lowest BCUT2D eigenvalue weighted by molar-refractivity contribution is -0.123. The highest BCUT2D eigenvalue weighted by atomic mass is 32.1. The second kappa shape index (κ2) is 12.3. The summed E-state index contributed by atoms with van der Waals surface area (Å²) in [6, 6.07) is 6.62. The molecule has 1 radical (unpaired) electrons. The molecule has 2 atom stereocenters.